The number of allylic oxidation sites excluding steroid dienone is 1. The van der Waals surface area contributed by atoms with E-state index in [1.807, 2.05) is 36.4 Å². The first-order chi connectivity index (χ1) is 8.91. The zero-order chi connectivity index (χ0) is 14.2. The Morgan fingerprint density at radius 2 is 2.05 bits per heavy atom. The number of ketones is 1. The average molecular weight is 387 g/mol. The van der Waals surface area contributed by atoms with Crippen molar-refractivity contribution < 1.29 is 4.79 Å². The molecule has 0 unspecified atom stereocenters. The average Bonchev–Trinajstić information content (AvgIpc) is 2.78. The highest BCUT2D eigenvalue weighted by molar-refractivity contribution is 9.11. The van der Waals surface area contributed by atoms with Crippen LogP contribution in [0.15, 0.2) is 33.5 Å². The predicted octanol–water partition coefficient (Wildman–Crippen LogP) is 3.43. The van der Waals surface area contributed by atoms with Crippen LogP contribution in [0.4, 0.5) is 0 Å². The van der Waals surface area contributed by atoms with Gasteiger partial charge in [-0.3, -0.25) is 9.20 Å². The number of halogens is 2. The van der Waals surface area contributed by atoms with Crippen LogP contribution in [0.25, 0.3) is 5.65 Å². The van der Waals surface area contributed by atoms with Crippen molar-refractivity contribution in [2.24, 2.45) is 0 Å². The van der Waals surface area contributed by atoms with Gasteiger partial charge in [-0.2, -0.15) is 0 Å². The number of nitrogens with zero attached hydrogens (tertiary/aromatic N) is 3. The molecule has 6 heteroatoms. The molecule has 19 heavy (non-hydrogen) atoms. The second-order valence-electron chi connectivity index (χ2n) is 4.37. The van der Waals surface area contributed by atoms with Crippen molar-refractivity contribution in [2.75, 3.05) is 14.1 Å². The van der Waals surface area contributed by atoms with Gasteiger partial charge >= 0.3 is 0 Å². The first kappa shape index (κ1) is 14.3. The number of aryl methyl sites for hydroxylation is 1. The van der Waals surface area contributed by atoms with Crippen LogP contribution < -0.4 is 0 Å². The Kier molecular flexibility index (Phi) is 4.10. The molecule has 2 aromatic heterocycles. The Morgan fingerprint density at radius 1 is 1.37 bits per heavy atom. The van der Waals surface area contributed by atoms with E-state index in [4.69, 9.17) is 0 Å². The van der Waals surface area contributed by atoms with E-state index >= 15 is 0 Å². The number of fused-ring (bicyclic) bond motifs is 1. The quantitative estimate of drug-likeness (QED) is 0.599. The van der Waals surface area contributed by atoms with Gasteiger partial charge in [0, 0.05) is 36.5 Å². The largest absolute Gasteiger partial charge is 0.383 e. The molecule has 0 aromatic carbocycles. The summed E-state index contributed by atoms with van der Waals surface area (Å²) < 4.78 is 3.62. The van der Waals surface area contributed by atoms with Crippen molar-refractivity contribution >= 4 is 43.3 Å². The Hall–Kier alpha value is -1.14. The fourth-order valence-corrected chi connectivity index (χ4v) is 2.94. The Bertz CT molecular complexity index is 674. The summed E-state index contributed by atoms with van der Waals surface area (Å²) in [5.74, 6) is -0.0747. The Labute approximate surface area is 128 Å². The molecule has 0 saturated carbocycles. The maximum atomic E-state index is 12.2. The molecule has 2 aromatic rings. The minimum Gasteiger partial charge on any atom is -0.383 e. The van der Waals surface area contributed by atoms with E-state index in [1.54, 1.807) is 12.4 Å². The molecule has 0 radical (unpaired) electrons. The van der Waals surface area contributed by atoms with E-state index < -0.39 is 0 Å². The normalized spacial score (nSPS) is 11.4. The first-order valence-corrected chi connectivity index (χ1v) is 7.21. The summed E-state index contributed by atoms with van der Waals surface area (Å²) >= 11 is 6.94. The molecular formula is C13H13Br2N3O. The van der Waals surface area contributed by atoms with Gasteiger partial charge < -0.3 is 4.90 Å². The molecule has 0 amide bonds. The number of imidazole rings is 1. The smallest absolute Gasteiger partial charge is 0.205 e. The molecule has 0 atom stereocenters. The number of hydrogen-bond donors (Lipinski definition) is 0. The van der Waals surface area contributed by atoms with Crippen molar-refractivity contribution in [3.05, 3.63) is 44.9 Å². The van der Waals surface area contributed by atoms with Gasteiger partial charge in [-0.1, -0.05) is 0 Å². The van der Waals surface area contributed by atoms with Crippen LogP contribution in [0.5, 0.6) is 0 Å². The number of rotatable bonds is 3. The molecule has 0 fully saturated rings. The van der Waals surface area contributed by atoms with Crippen molar-refractivity contribution in [2.45, 2.75) is 6.92 Å². The summed E-state index contributed by atoms with van der Waals surface area (Å²) in [7, 11) is 3.74. The van der Waals surface area contributed by atoms with Gasteiger partial charge in [0.15, 0.2) is 5.65 Å². The van der Waals surface area contributed by atoms with Gasteiger partial charge in [0.2, 0.25) is 5.78 Å². The zero-order valence-electron chi connectivity index (χ0n) is 10.8. The number of carbonyl (C=O) groups excluding carboxylic acids is 1. The van der Waals surface area contributed by atoms with E-state index in [9.17, 15) is 4.79 Å². The Balaban J connectivity index is 2.60. The maximum absolute atomic E-state index is 12.2. The van der Waals surface area contributed by atoms with Gasteiger partial charge in [0.1, 0.15) is 5.69 Å². The number of carbonyl (C=O) groups is 1. The predicted molar refractivity (Wildman–Crippen MR) is 82.5 cm³/mol. The molecule has 0 N–H and O–H groups in total. The second-order valence-corrected chi connectivity index (χ2v) is 6.08. The highest BCUT2D eigenvalue weighted by Crippen LogP contribution is 2.27. The van der Waals surface area contributed by atoms with Gasteiger partial charge in [-0.25, -0.2) is 4.98 Å². The third kappa shape index (κ3) is 2.74. The van der Waals surface area contributed by atoms with Crippen molar-refractivity contribution in [1.29, 1.82) is 0 Å². The monoisotopic (exact) mass is 385 g/mol. The number of hydrogen-bond acceptors (Lipinski definition) is 3. The SMILES string of the molecule is Cc1c(Br)cc(Br)c2ncc(C(=O)C=CN(C)C)n12. The van der Waals surface area contributed by atoms with Crippen LogP contribution in [0.3, 0.4) is 0 Å². The van der Waals surface area contributed by atoms with Gasteiger partial charge in [-0.05, 0) is 44.8 Å². The topological polar surface area (TPSA) is 37.6 Å². The minimum atomic E-state index is -0.0747. The van der Waals surface area contributed by atoms with Gasteiger partial charge in [0.05, 0.1) is 10.7 Å². The summed E-state index contributed by atoms with van der Waals surface area (Å²) in [4.78, 5) is 18.3. The van der Waals surface area contributed by atoms with Crippen LogP contribution in [-0.4, -0.2) is 34.2 Å². The highest BCUT2D eigenvalue weighted by Gasteiger charge is 2.15. The molecule has 100 valence electrons. The molecule has 4 nitrogen and oxygen atoms in total. The Morgan fingerprint density at radius 3 is 2.68 bits per heavy atom. The molecule has 2 heterocycles. The van der Waals surface area contributed by atoms with E-state index in [0.29, 0.717) is 5.69 Å². The molecule has 0 spiro atoms. The summed E-state index contributed by atoms with van der Waals surface area (Å²) in [6.07, 6.45) is 4.86. The van der Waals surface area contributed by atoms with E-state index in [1.165, 1.54) is 6.08 Å². The molecule has 0 aliphatic heterocycles. The molecule has 0 aliphatic carbocycles. The molecule has 0 saturated heterocycles. The van der Waals surface area contributed by atoms with E-state index in [2.05, 4.69) is 36.8 Å². The molecule has 0 bridgehead atoms. The van der Waals surface area contributed by atoms with Crippen molar-refractivity contribution in [3.8, 4) is 0 Å². The summed E-state index contributed by atoms with van der Waals surface area (Å²) in [6.45, 7) is 1.94. The van der Waals surface area contributed by atoms with E-state index in [0.717, 1.165) is 20.3 Å². The van der Waals surface area contributed by atoms with E-state index in [-0.39, 0.29) is 5.78 Å². The third-order valence-electron chi connectivity index (χ3n) is 2.69. The third-order valence-corrected chi connectivity index (χ3v) is 4.07. The maximum Gasteiger partial charge on any atom is 0.205 e. The fourth-order valence-electron chi connectivity index (χ4n) is 1.72. The van der Waals surface area contributed by atoms with Crippen LogP contribution in [0.1, 0.15) is 16.2 Å². The lowest BCUT2D eigenvalue weighted by atomic mass is 10.2. The van der Waals surface area contributed by atoms with Crippen molar-refractivity contribution in [3.63, 3.8) is 0 Å². The molecular weight excluding hydrogens is 374 g/mol. The van der Waals surface area contributed by atoms with Gasteiger partial charge in [-0.15, -0.1) is 0 Å². The van der Waals surface area contributed by atoms with Gasteiger partial charge in [0.25, 0.3) is 0 Å². The standard InChI is InChI=1S/C13H13Br2N3O/c1-8-9(14)6-10(15)13-16-7-11(18(8)13)12(19)4-5-17(2)3/h4-7H,1-3H3. The molecule has 0 aliphatic rings. The number of aromatic nitrogens is 2. The zero-order valence-corrected chi connectivity index (χ0v) is 14.0. The first-order valence-electron chi connectivity index (χ1n) is 5.63. The fraction of sp³-hybridized carbons (Fsp3) is 0.231. The highest BCUT2D eigenvalue weighted by atomic mass is 79.9. The second kappa shape index (κ2) is 5.46. The van der Waals surface area contributed by atoms with Crippen LogP contribution >= 0.6 is 31.9 Å². The van der Waals surface area contributed by atoms with Crippen LogP contribution in [0, 0.1) is 6.92 Å². The lowest BCUT2D eigenvalue weighted by Gasteiger charge is -2.07. The minimum absolute atomic E-state index is 0.0747. The molecule has 2 rings (SSSR count). The van der Waals surface area contributed by atoms with Crippen molar-refractivity contribution in [1.82, 2.24) is 14.3 Å². The van der Waals surface area contributed by atoms with Crippen LogP contribution in [0.2, 0.25) is 0 Å². The number of pyridine rings is 1. The summed E-state index contributed by atoms with van der Waals surface area (Å²) in [5.41, 5.74) is 2.23. The van der Waals surface area contributed by atoms with Crippen LogP contribution in [-0.2, 0) is 0 Å². The lowest BCUT2D eigenvalue weighted by molar-refractivity contribution is 0.104. The summed E-state index contributed by atoms with van der Waals surface area (Å²) in [5, 5.41) is 0. The lowest BCUT2D eigenvalue weighted by Crippen LogP contribution is -2.06. The summed E-state index contributed by atoms with van der Waals surface area (Å²) in [6, 6.07) is 1.93.